The van der Waals surface area contributed by atoms with Crippen LogP contribution in [0.1, 0.15) is 36.3 Å². The van der Waals surface area contributed by atoms with E-state index in [9.17, 15) is 4.79 Å². The molecule has 0 saturated carbocycles. The highest BCUT2D eigenvalue weighted by Crippen LogP contribution is 2.19. The molecule has 16 heavy (non-hydrogen) atoms. The number of aryl methyl sites for hydroxylation is 1. The van der Waals surface area contributed by atoms with Gasteiger partial charge in [0.2, 0.25) is 0 Å². The van der Waals surface area contributed by atoms with Gasteiger partial charge in [0.1, 0.15) is 0 Å². The van der Waals surface area contributed by atoms with Gasteiger partial charge in [-0.3, -0.25) is 0 Å². The van der Waals surface area contributed by atoms with Crippen molar-refractivity contribution >= 4 is 17.7 Å². The predicted molar refractivity (Wildman–Crippen MR) is 63.9 cm³/mol. The molecule has 0 aromatic carbocycles. The van der Waals surface area contributed by atoms with Crippen molar-refractivity contribution in [3.63, 3.8) is 0 Å². The molecule has 1 unspecified atom stereocenters. The minimum absolute atomic E-state index is 0.174. The van der Waals surface area contributed by atoms with Crippen molar-refractivity contribution in [3.8, 4) is 0 Å². The lowest BCUT2D eigenvalue weighted by molar-refractivity contribution is 0.0695. The quantitative estimate of drug-likeness (QED) is 0.633. The van der Waals surface area contributed by atoms with E-state index in [1.807, 2.05) is 0 Å². The molecule has 1 heterocycles. The van der Waals surface area contributed by atoms with E-state index in [1.165, 1.54) is 6.20 Å². The fraction of sp³-hybridized carbons (Fsp3) is 0.545. The Bertz CT molecular complexity index is 382. The summed E-state index contributed by atoms with van der Waals surface area (Å²) in [4.78, 5) is 19.0. The van der Waals surface area contributed by atoms with E-state index in [1.54, 1.807) is 18.7 Å². The van der Waals surface area contributed by atoms with Crippen molar-refractivity contribution in [1.29, 1.82) is 0 Å². The lowest BCUT2D eigenvalue weighted by atomic mass is 10.2. The van der Waals surface area contributed by atoms with Crippen molar-refractivity contribution in [1.82, 2.24) is 9.97 Å². The van der Waals surface area contributed by atoms with Crippen molar-refractivity contribution < 1.29 is 9.90 Å². The Hall–Kier alpha value is -1.10. The summed E-state index contributed by atoms with van der Waals surface area (Å²) in [5.41, 5.74) is 0.696. The maximum absolute atomic E-state index is 10.8. The van der Waals surface area contributed by atoms with Crippen LogP contribution in [0, 0.1) is 12.8 Å². The number of aromatic nitrogens is 2. The Kier molecular flexibility index (Phi) is 4.73. The molecule has 0 bridgehead atoms. The molecule has 1 rings (SSSR count). The van der Waals surface area contributed by atoms with Crippen molar-refractivity contribution in [2.45, 2.75) is 32.3 Å². The fourth-order valence-corrected chi connectivity index (χ4v) is 2.06. The summed E-state index contributed by atoms with van der Waals surface area (Å²) in [5.74, 6) is 0.603. The first-order chi connectivity index (χ1) is 7.54. The first-order valence-electron chi connectivity index (χ1n) is 5.24. The SMILES string of the molecule is CCC(C)CSc1ncc(C(=O)O)c(C)n1. The lowest BCUT2D eigenvalue weighted by Crippen LogP contribution is -2.04. The summed E-state index contributed by atoms with van der Waals surface area (Å²) in [6.45, 7) is 6.01. The highest BCUT2D eigenvalue weighted by atomic mass is 32.2. The lowest BCUT2D eigenvalue weighted by Gasteiger charge is -2.07. The maximum Gasteiger partial charge on any atom is 0.339 e. The molecule has 1 aromatic heterocycles. The minimum Gasteiger partial charge on any atom is -0.478 e. The molecule has 0 amide bonds. The molecule has 1 atom stereocenters. The van der Waals surface area contributed by atoms with Crippen LogP contribution in [0.4, 0.5) is 0 Å². The largest absolute Gasteiger partial charge is 0.478 e. The van der Waals surface area contributed by atoms with Gasteiger partial charge in [-0.1, -0.05) is 32.0 Å². The normalized spacial score (nSPS) is 12.4. The zero-order chi connectivity index (χ0) is 12.1. The minimum atomic E-state index is -0.976. The number of thioether (sulfide) groups is 1. The maximum atomic E-state index is 10.8. The van der Waals surface area contributed by atoms with Crippen LogP contribution < -0.4 is 0 Å². The van der Waals surface area contributed by atoms with E-state index in [0.29, 0.717) is 16.8 Å². The zero-order valence-corrected chi connectivity index (χ0v) is 10.5. The van der Waals surface area contributed by atoms with Gasteiger partial charge in [-0.15, -0.1) is 0 Å². The third-order valence-electron chi connectivity index (χ3n) is 2.38. The Labute approximate surface area is 99.5 Å². The van der Waals surface area contributed by atoms with E-state index >= 15 is 0 Å². The van der Waals surface area contributed by atoms with Crippen LogP contribution in [0.15, 0.2) is 11.4 Å². The molecule has 4 nitrogen and oxygen atoms in total. The highest BCUT2D eigenvalue weighted by molar-refractivity contribution is 7.99. The van der Waals surface area contributed by atoms with Crippen LogP contribution in [0.25, 0.3) is 0 Å². The molecule has 0 saturated heterocycles. The van der Waals surface area contributed by atoms with E-state index in [4.69, 9.17) is 5.11 Å². The van der Waals surface area contributed by atoms with Gasteiger partial charge in [0.25, 0.3) is 0 Å². The molecule has 0 radical (unpaired) electrons. The molecule has 0 aliphatic rings. The van der Waals surface area contributed by atoms with Gasteiger partial charge in [0.05, 0.1) is 11.3 Å². The van der Waals surface area contributed by atoms with Gasteiger partial charge in [0.15, 0.2) is 5.16 Å². The van der Waals surface area contributed by atoms with Crippen LogP contribution in [-0.2, 0) is 0 Å². The summed E-state index contributed by atoms with van der Waals surface area (Å²) in [6.07, 6.45) is 2.50. The molecule has 0 aliphatic carbocycles. The van der Waals surface area contributed by atoms with Crippen molar-refractivity contribution in [3.05, 3.63) is 17.5 Å². The molecule has 0 spiro atoms. The second-order valence-corrected chi connectivity index (χ2v) is 4.77. The Morgan fingerprint density at radius 2 is 2.31 bits per heavy atom. The smallest absolute Gasteiger partial charge is 0.339 e. The van der Waals surface area contributed by atoms with Gasteiger partial charge < -0.3 is 5.11 Å². The van der Waals surface area contributed by atoms with Gasteiger partial charge >= 0.3 is 5.97 Å². The molecule has 5 heteroatoms. The summed E-state index contributed by atoms with van der Waals surface area (Å²) < 4.78 is 0. The number of hydrogen-bond acceptors (Lipinski definition) is 4. The van der Waals surface area contributed by atoms with Gasteiger partial charge in [-0.2, -0.15) is 0 Å². The van der Waals surface area contributed by atoms with E-state index < -0.39 is 5.97 Å². The van der Waals surface area contributed by atoms with Crippen LogP contribution in [-0.4, -0.2) is 26.8 Å². The summed E-state index contributed by atoms with van der Waals surface area (Å²) in [5, 5.41) is 9.48. The molecular weight excluding hydrogens is 224 g/mol. The summed E-state index contributed by atoms with van der Waals surface area (Å²) >= 11 is 1.57. The van der Waals surface area contributed by atoms with Gasteiger partial charge in [-0.25, -0.2) is 14.8 Å². The summed E-state index contributed by atoms with van der Waals surface area (Å²) in [6, 6.07) is 0. The number of aromatic carboxylic acids is 1. The summed E-state index contributed by atoms with van der Waals surface area (Å²) in [7, 11) is 0. The number of rotatable bonds is 5. The molecule has 1 N–H and O–H groups in total. The number of carboxylic acid groups (broad SMARTS) is 1. The van der Waals surface area contributed by atoms with Crippen LogP contribution >= 0.6 is 11.8 Å². The van der Waals surface area contributed by atoms with E-state index in [0.717, 1.165) is 12.2 Å². The molecular formula is C11H16N2O2S. The van der Waals surface area contributed by atoms with E-state index in [-0.39, 0.29) is 5.56 Å². The average molecular weight is 240 g/mol. The first kappa shape index (κ1) is 13.0. The van der Waals surface area contributed by atoms with Crippen molar-refractivity contribution in [2.24, 2.45) is 5.92 Å². The molecule has 0 fully saturated rings. The third kappa shape index (κ3) is 3.48. The van der Waals surface area contributed by atoms with Crippen LogP contribution in [0.2, 0.25) is 0 Å². The average Bonchev–Trinajstić information content (AvgIpc) is 2.25. The number of carbonyl (C=O) groups is 1. The Morgan fingerprint density at radius 3 is 2.81 bits per heavy atom. The van der Waals surface area contributed by atoms with Gasteiger partial charge in [0, 0.05) is 11.9 Å². The molecule has 88 valence electrons. The first-order valence-corrected chi connectivity index (χ1v) is 6.22. The molecule has 0 aliphatic heterocycles. The van der Waals surface area contributed by atoms with Crippen LogP contribution in [0.5, 0.6) is 0 Å². The predicted octanol–water partition coefficient (Wildman–Crippen LogP) is 2.62. The van der Waals surface area contributed by atoms with Crippen LogP contribution in [0.3, 0.4) is 0 Å². The monoisotopic (exact) mass is 240 g/mol. The molecule has 1 aromatic rings. The third-order valence-corrected chi connectivity index (χ3v) is 3.57. The zero-order valence-electron chi connectivity index (χ0n) is 9.73. The van der Waals surface area contributed by atoms with Crippen molar-refractivity contribution in [2.75, 3.05) is 5.75 Å². The van der Waals surface area contributed by atoms with Gasteiger partial charge in [-0.05, 0) is 12.8 Å². The Balaban J connectivity index is 2.70. The number of nitrogens with zero attached hydrogens (tertiary/aromatic N) is 2. The highest BCUT2D eigenvalue weighted by Gasteiger charge is 2.10. The standard InChI is InChI=1S/C11H16N2O2S/c1-4-7(2)6-16-11-12-5-9(10(14)15)8(3)13-11/h5,7H,4,6H2,1-3H3,(H,14,15). The second-order valence-electron chi connectivity index (χ2n) is 3.78. The number of carboxylic acids is 1. The fourth-order valence-electron chi connectivity index (χ4n) is 1.06. The Morgan fingerprint density at radius 1 is 1.62 bits per heavy atom. The number of hydrogen-bond donors (Lipinski definition) is 1. The topological polar surface area (TPSA) is 63.1 Å². The second kappa shape index (κ2) is 5.84. The van der Waals surface area contributed by atoms with E-state index in [2.05, 4.69) is 23.8 Å².